The molecule has 0 atom stereocenters. The molecule has 0 saturated heterocycles. The number of hydrogen-bond donors (Lipinski definition) is 1. The number of anilines is 1. The Morgan fingerprint density at radius 2 is 2.17 bits per heavy atom. The molecule has 0 aromatic carbocycles. The van der Waals surface area contributed by atoms with Gasteiger partial charge in [0, 0.05) is 11.8 Å². The monoisotopic (exact) mass is 371 g/mol. The van der Waals surface area contributed by atoms with Crippen molar-refractivity contribution >= 4 is 52.5 Å². The number of carbonyl (C=O) groups is 1. The first-order valence-corrected chi connectivity index (χ1v) is 7.56. The van der Waals surface area contributed by atoms with Crippen molar-refractivity contribution < 1.29 is 9.53 Å². The van der Waals surface area contributed by atoms with E-state index in [2.05, 4.69) is 21.9 Å². The van der Waals surface area contributed by atoms with Gasteiger partial charge in [-0.15, -0.1) is 0 Å². The topological polar surface area (TPSA) is 64.1 Å². The van der Waals surface area contributed by atoms with Crippen molar-refractivity contribution in [3.8, 4) is 0 Å². The number of ether oxygens (including phenoxy) is 1. The molecule has 0 radical (unpaired) electrons. The molecule has 0 aliphatic carbocycles. The Morgan fingerprint density at radius 3 is 2.78 bits per heavy atom. The highest BCUT2D eigenvalue weighted by atomic mass is 35.5. The highest BCUT2D eigenvalue weighted by Gasteiger charge is 2.21. The van der Waals surface area contributed by atoms with Crippen molar-refractivity contribution in [2.75, 3.05) is 12.4 Å². The van der Waals surface area contributed by atoms with Crippen LogP contribution >= 0.6 is 34.8 Å². The summed E-state index contributed by atoms with van der Waals surface area (Å²) < 4.78 is 4.70. The van der Waals surface area contributed by atoms with E-state index >= 15 is 0 Å². The van der Waals surface area contributed by atoms with Crippen molar-refractivity contribution in [1.29, 1.82) is 0 Å². The van der Waals surface area contributed by atoms with Crippen LogP contribution in [0.3, 0.4) is 0 Å². The largest absolute Gasteiger partial charge is 0.464 e. The molecule has 0 aliphatic rings. The molecule has 0 spiro atoms. The quantitative estimate of drug-likeness (QED) is 0.619. The number of halogens is 3. The summed E-state index contributed by atoms with van der Waals surface area (Å²) in [6.07, 6.45) is 3.07. The number of methoxy groups -OCH3 is 1. The highest BCUT2D eigenvalue weighted by Crippen LogP contribution is 2.35. The number of pyridine rings is 2. The summed E-state index contributed by atoms with van der Waals surface area (Å²) in [5.41, 5.74) is 1.43. The third-order valence-corrected chi connectivity index (χ3v) is 4.07. The number of nitrogens with one attached hydrogen (secondary N) is 1. The van der Waals surface area contributed by atoms with Gasteiger partial charge in [0.05, 0.1) is 30.1 Å². The molecule has 2 heterocycles. The van der Waals surface area contributed by atoms with Crippen LogP contribution in [-0.2, 0) is 11.3 Å². The van der Waals surface area contributed by atoms with Crippen LogP contribution in [0, 0.1) is 0 Å². The average Bonchev–Trinajstić information content (AvgIpc) is 2.56. The predicted octanol–water partition coefficient (Wildman–Crippen LogP) is 4.48. The van der Waals surface area contributed by atoms with Gasteiger partial charge >= 0.3 is 5.97 Å². The smallest absolute Gasteiger partial charge is 0.357 e. The first-order chi connectivity index (χ1) is 11.0. The lowest BCUT2D eigenvalue weighted by molar-refractivity contribution is 0.0594. The molecule has 0 amide bonds. The minimum absolute atomic E-state index is 0.0199. The fraction of sp³-hybridized carbons (Fsp3) is 0.133. The second kappa shape index (κ2) is 7.64. The molecule has 0 bridgehead atoms. The number of carbonyl (C=O) groups excluding carboxylic acids is 1. The SMILES string of the molecule is C=Cc1c(C(=O)OC)nc(Cl)c(Cl)c1NCc1ncccc1Cl. The number of esters is 1. The van der Waals surface area contributed by atoms with Crippen LogP contribution in [0.15, 0.2) is 24.9 Å². The summed E-state index contributed by atoms with van der Waals surface area (Å²) in [5.74, 6) is -0.641. The van der Waals surface area contributed by atoms with E-state index < -0.39 is 5.97 Å². The summed E-state index contributed by atoms with van der Waals surface area (Å²) >= 11 is 18.3. The zero-order chi connectivity index (χ0) is 17.0. The lowest BCUT2D eigenvalue weighted by atomic mass is 10.1. The number of aromatic nitrogens is 2. The van der Waals surface area contributed by atoms with Gasteiger partial charge in [-0.3, -0.25) is 4.98 Å². The molecule has 0 saturated carbocycles. The number of hydrogen-bond acceptors (Lipinski definition) is 5. The van der Waals surface area contributed by atoms with Gasteiger partial charge in [-0.2, -0.15) is 0 Å². The second-order valence-electron chi connectivity index (χ2n) is 4.34. The lowest BCUT2D eigenvalue weighted by Crippen LogP contribution is -2.12. The van der Waals surface area contributed by atoms with E-state index in [1.165, 1.54) is 13.2 Å². The third kappa shape index (κ3) is 3.75. The minimum Gasteiger partial charge on any atom is -0.464 e. The van der Waals surface area contributed by atoms with Gasteiger partial charge < -0.3 is 10.1 Å². The molecule has 2 rings (SSSR count). The fourth-order valence-electron chi connectivity index (χ4n) is 1.89. The Morgan fingerprint density at radius 1 is 1.43 bits per heavy atom. The molecule has 120 valence electrons. The zero-order valence-electron chi connectivity index (χ0n) is 12.1. The molecule has 2 aromatic heterocycles. The maximum atomic E-state index is 11.8. The molecule has 23 heavy (non-hydrogen) atoms. The minimum atomic E-state index is -0.641. The number of rotatable bonds is 5. The Hall–Kier alpha value is -1.82. The highest BCUT2D eigenvalue weighted by molar-refractivity contribution is 6.43. The zero-order valence-corrected chi connectivity index (χ0v) is 14.3. The molecule has 0 unspecified atom stereocenters. The molecular formula is C15H12Cl3N3O2. The van der Waals surface area contributed by atoms with Gasteiger partial charge in [-0.25, -0.2) is 9.78 Å². The van der Waals surface area contributed by atoms with Gasteiger partial charge in [0.2, 0.25) is 0 Å². The van der Waals surface area contributed by atoms with Crippen molar-refractivity contribution in [3.05, 3.63) is 57.1 Å². The molecule has 1 N–H and O–H groups in total. The van der Waals surface area contributed by atoms with Crippen LogP contribution in [0.4, 0.5) is 5.69 Å². The van der Waals surface area contributed by atoms with E-state index in [4.69, 9.17) is 39.5 Å². The van der Waals surface area contributed by atoms with Gasteiger partial charge in [-0.1, -0.05) is 47.5 Å². The van der Waals surface area contributed by atoms with Gasteiger partial charge in [0.1, 0.15) is 5.02 Å². The third-order valence-electron chi connectivity index (χ3n) is 2.99. The van der Waals surface area contributed by atoms with E-state index in [0.717, 1.165) is 0 Å². The first-order valence-electron chi connectivity index (χ1n) is 6.42. The maximum absolute atomic E-state index is 11.8. The molecule has 0 aliphatic heterocycles. The van der Waals surface area contributed by atoms with Crippen molar-refractivity contribution in [2.45, 2.75) is 6.54 Å². The van der Waals surface area contributed by atoms with E-state index in [9.17, 15) is 4.79 Å². The molecule has 5 nitrogen and oxygen atoms in total. The maximum Gasteiger partial charge on any atom is 0.357 e. The van der Waals surface area contributed by atoms with E-state index in [-0.39, 0.29) is 22.4 Å². The number of nitrogens with zero attached hydrogens (tertiary/aromatic N) is 2. The predicted molar refractivity (Wildman–Crippen MR) is 92.3 cm³/mol. The molecule has 2 aromatic rings. The Kier molecular flexibility index (Phi) is 5.82. The summed E-state index contributed by atoms with van der Waals surface area (Å²) in [5, 5.41) is 3.72. The molecule has 8 heteroatoms. The molecular weight excluding hydrogens is 361 g/mol. The second-order valence-corrected chi connectivity index (χ2v) is 5.48. The Bertz CT molecular complexity index is 766. The summed E-state index contributed by atoms with van der Waals surface area (Å²) in [6, 6.07) is 3.45. The molecule has 0 fully saturated rings. The summed E-state index contributed by atoms with van der Waals surface area (Å²) in [7, 11) is 1.25. The van der Waals surface area contributed by atoms with E-state index in [1.807, 2.05) is 0 Å². The standard InChI is InChI=1S/C15H12Cl3N3O2/c1-3-8-12(20-7-10-9(16)5-4-6-19-10)11(17)14(18)21-13(8)15(22)23-2/h3-6H,1,7H2,2H3,(H,20,21). The van der Waals surface area contributed by atoms with Crippen molar-refractivity contribution in [1.82, 2.24) is 9.97 Å². The van der Waals surface area contributed by atoms with Crippen LogP contribution in [-0.4, -0.2) is 23.0 Å². The average molecular weight is 373 g/mol. The van der Waals surface area contributed by atoms with Crippen LogP contribution in [0.1, 0.15) is 21.7 Å². The Labute approximate surface area is 148 Å². The van der Waals surface area contributed by atoms with Gasteiger partial charge in [0.15, 0.2) is 10.8 Å². The van der Waals surface area contributed by atoms with Crippen LogP contribution in [0.5, 0.6) is 0 Å². The first kappa shape index (κ1) is 17.5. The van der Waals surface area contributed by atoms with Gasteiger partial charge in [-0.05, 0) is 12.1 Å². The summed E-state index contributed by atoms with van der Waals surface area (Å²) in [4.78, 5) is 20.0. The van der Waals surface area contributed by atoms with Crippen LogP contribution in [0.2, 0.25) is 15.2 Å². The normalized spacial score (nSPS) is 10.3. The van der Waals surface area contributed by atoms with Crippen LogP contribution < -0.4 is 5.32 Å². The fourth-order valence-corrected chi connectivity index (χ4v) is 2.47. The van der Waals surface area contributed by atoms with Gasteiger partial charge in [0.25, 0.3) is 0 Å². The van der Waals surface area contributed by atoms with Crippen LogP contribution in [0.25, 0.3) is 6.08 Å². The van der Waals surface area contributed by atoms with Crippen molar-refractivity contribution in [3.63, 3.8) is 0 Å². The van der Waals surface area contributed by atoms with E-state index in [1.54, 1.807) is 18.3 Å². The van der Waals surface area contributed by atoms with E-state index in [0.29, 0.717) is 22.0 Å². The lowest BCUT2D eigenvalue weighted by Gasteiger charge is -2.15. The Balaban J connectivity index is 2.44. The van der Waals surface area contributed by atoms with Crippen molar-refractivity contribution in [2.24, 2.45) is 0 Å². The summed E-state index contributed by atoms with van der Waals surface area (Å²) in [6.45, 7) is 3.96.